The zero-order valence-corrected chi connectivity index (χ0v) is 13.0. The fraction of sp³-hybridized carbons (Fsp3) is 0.105. The topological polar surface area (TPSA) is 58.9 Å². The number of rotatable bonds is 4. The van der Waals surface area contributed by atoms with Crippen LogP contribution in [0.25, 0.3) is 21.9 Å². The molecular weight excluding hydrogens is 298 g/mol. The first-order valence-corrected chi connectivity index (χ1v) is 7.78. The Bertz CT molecular complexity index is 1080. The summed E-state index contributed by atoms with van der Waals surface area (Å²) >= 11 is 0. The van der Waals surface area contributed by atoms with E-state index in [0.717, 1.165) is 27.5 Å². The summed E-state index contributed by atoms with van der Waals surface area (Å²) in [6.45, 7) is 0.679. The summed E-state index contributed by atoms with van der Waals surface area (Å²) in [5, 5.41) is 14.5. The molecule has 24 heavy (non-hydrogen) atoms. The van der Waals surface area contributed by atoms with Gasteiger partial charge in [0.15, 0.2) is 0 Å². The third kappa shape index (κ3) is 2.44. The minimum absolute atomic E-state index is 0.488. The second-order valence-electron chi connectivity index (χ2n) is 5.53. The van der Waals surface area contributed by atoms with Crippen LogP contribution in [0.1, 0.15) is 12.0 Å². The Balaban J connectivity index is 1.75. The Morgan fingerprint density at radius 1 is 1.08 bits per heavy atom. The molecular formula is C19H15N5. The number of nitrogens with zero attached hydrogens (tertiary/aromatic N) is 5. The predicted molar refractivity (Wildman–Crippen MR) is 94.9 cm³/mol. The maximum Gasteiger partial charge on any atom is 0.118 e. The van der Waals surface area contributed by atoms with E-state index >= 15 is 0 Å². The summed E-state index contributed by atoms with van der Waals surface area (Å²) < 4.78 is 3.88. The van der Waals surface area contributed by atoms with Gasteiger partial charge in [-0.1, -0.05) is 30.3 Å². The number of imidazole rings is 1. The van der Waals surface area contributed by atoms with Gasteiger partial charge in [0.2, 0.25) is 0 Å². The van der Waals surface area contributed by atoms with Crippen molar-refractivity contribution in [1.29, 1.82) is 5.26 Å². The lowest BCUT2D eigenvalue weighted by molar-refractivity contribution is 0.744. The van der Waals surface area contributed by atoms with Crippen molar-refractivity contribution in [2.45, 2.75) is 13.0 Å². The molecule has 2 aromatic heterocycles. The first kappa shape index (κ1) is 14.2. The number of aryl methyl sites for hydroxylation is 1. The molecule has 5 heteroatoms. The molecule has 0 saturated carbocycles. The summed E-state index contributed by atoms with van der Waals surface area (Å²) in [5.74, 6) is 0. The molecule has 0 aliphatic carbocycles. The lowest BCUT2D eigenvalue weighted by Gasteiger charge is -2.00. The molecule has 0 fully saturated rings. The van der Waals surface area contributed by atoms with Gasteiger partial charge in [0, 0.05) is 29.2 Å². The number of para-hydroxylation sites is 3. The van der Waals surface area contributed by atoms with Crippen LogP contribution in [0.5, 0.6) is 0 Å². The van der Waals surface area contributed by atoms with Gasteiger partial charge in [-0.2, -0.15) is 10.4 Å². The standard InChI is InChI=1S/C19H15N5/c20-10-5-11-23-13-15(16-6-1-3-8-18(16)23)12-22-24-14-21-17-7-2-4-9-19(17)24/h1-4,6-9,12-14H,5,11H2/b22-12-. The second kappa shape index (κ2) is 6.01. The van der Waals surface area contributed by atoms with Crippen LogP contribution in [0.3, 0.4) is 0 Å². The molecule has 5 nitrogen and oxygen atoms in total. The van der Waals surface area contributed by atoms with Crippen molar-refractivity contribution < 1.29 is 0 Å². The number of aromatic nitrogens is 3. The number of nitriles is 1. The zero-order chi connectivity index (χ0) is 16.4. The SMILES string of the molecule is N#CCCn1cc(/C=N\n2cnc3ccccc32)c2ccccc21. The monoisotopic (exact) mass is 313 g/mol. The molecule has 0 bridgehead atoms. The molecule has 0 aliphatic heterocycles. The Hall–Kier alpha value is -3.39. The van der Waals surface area contributed by atoms with Crippen molar-refractivity contribution in [2.24, 2.45) is 5.10 Å². The Labute approximate surface area is 139 Å². The maximum atomic E-state index is 8.84. The molecule has 0 saturated heterocycles. The smallest absolute Gasteiger partial charge is 0.118 e. The van der Waals surface area contributed by atoms with E-state index in [-0.39, 0.29) is 0 Å². The fourth-order valence-corrected chi connectivity index (χ4v) is 2.90. The summed E-state index contributed by atoms with van der Waals surface area (Å²) in [5.41, 5.74) is 4.04. The molecule has 0 spiro atoms. The van der Waals surface area contributed by atoms with Gasteiger partial charge >= 0.3 is 0 Å². The molecule has 2 heterocycles. The highest BCUT2D eigenvalue weighted by molar-refractivity contribution is 5.99. The van der Waals surface area contributed by atoms with Crippen molar-refractivity contribution in [3.63, 3.8) is 0 Å². The van der Waals surface area contributed by atoms with Gasteiger partial charge in [-0.15, -0.1) is 0 Å². The molecule has 0 N–H and O–H groups in total. The van der Waals surface area contributed by atoms with Gasteiger partial charge in [0.05, 0.1) is 29.7 Å². The highest BCUT2D eigenvalue weighted by Gasteiger charge is 2.06. The van der Waals surface area contributed by atoms with Gasteiger partial charge in [0.1, 0.15) is 6.33 Å². The van der Waals surface area contributed by atoms with Gasteiger partial charge < -0.3 is 4.57 Å². The lowest BCUT2D eigenvalue weighted by Crippen LogP contribution is -1.94. The van der Waals surface area contributed by atoms with E-state index < -0.39 is 0 Å². The highest BCUT2D eigenvalue weighted by Crippen LogP contribution is 2.20. The van der Waals surface area contributed by atoms with E-state index in [0.29, 0.717) is 13.0 Å². The highest BCUT2D eigenvalue weighted by atomic mass is 15.4. The molecule has 116 valence electrons. The summed E-state index contributed by atoms with van der Waals surface area (Å²) in [4.78, 5) is 4.35. The Kier molecular flexibility index (Phi) is 3.56. The van der Waals surface area contributed by atoms with Crippen LogP contribution in [0.2, 0.25) is 0 Å². The van der Waals surface area contributed by atoms with Crippen molar-refractivity contribution in [2.75, 3.05) is 0 Å². The summed E-state index contributed by atoms with van der Waals surface area (Å²) in [7, 11) is 0. The van der Waals surface area contributed by atoms with E-state index in [1.165, 1.54) is 0 Å². The molecule has 4 aromatic rings. The number of fused-ring (bicyclic) bond motifs is 2. The third-order valence-corrected chi connectivity index (χ3v) is 4.04. The molecule has 4 rings (SSSR count). The first-order valence-electron chi connectivity index (χ1n) is 7.78. The molecule has 0 aliphatic rings. The Morgan fingerprint density at radius 3 is 2.75 bits per heavy atom. The molecule has 0 amide bonds. The van der Waals surface area contributed by atoms with Crippen molar-refractivity contribution in [1.82, 2.24) is 14.2 Å². The van der Waals surface area contributed by atoms with E-state index in [4.69, 9.17) is 5.26 Å². The summed E-state index contributed by atoms with van der Waals surface area (Å²) in [6, 6.07) is 18.3. The van der Waals surface area contributed by atoms with Gasteiger partial charge in [0.25, 0.3) is 0 Å². The van der Waals surface area contributed by atoms with Gasteiger partial charge in [-0.3, -0.25) is 0 Å². The van der Waals surface area contributed by atoms with E-state index in [1.807, 2.05) is 48.8 Å². The van der Waals surface area contributed by atoms with E-state index in [9.17, 15) is 0 Å². The van der Waals surface area contributed by atoms with Crippen LogP contribution in [-0.4, -0.2) is 20.4 Å². The van der Waals surface area contributed by atoms with E-state index in [1.54, 1.807) is 11.0 Å². The number of hydrogen-bond donors (Lipinski definition) is 0. The van der Waals surface area contributed by atoms with Crippen LogP contribution in [0.15, 0.2) is 66.2 Å². The van der Waals surface area contributed by atoms with Gasteiger partial charge in [-0.25, -0.2) is 9.66 Å². The third-order valence-electron chi connectivity index (χ3n) is 4.04. The fourth-order valence-electron chi connectivity index (χ4n) is 2.90. The second-order valence-corrected chi connectivity index (χ2v) is 5.53. The average Bonchev–Trinajstić information content (AvgIpc) is 3.20. The Morgan fingerprint density at radius 2 is 1.88 bits per heavy atom. The molecule has 2 aromatic carbocycles. The van der Waals surface area contributed by atoms with Gasteiger partial charge in [-0.05, 0) is 18.2 Å². The summed E-state index contributed by atoms with van der Waals surface area (Å²) in [6.07, 6.45) is 6.10. The van der Waals surface area contributed by atoms with Crippen molar-refractivity contribution in [3.8, 4) is 6.07 Å². The van der Waals surface area contributed by atoms with Crippen molar-refractivity contribution >= 4 is 28.2 Å². The van der Waals surface area contributed by atoms with E-state index in [2.05, 4.69) is 32.9 Å². The molecule has 0 radical (unpaired) electrons. The van der Waals surface area contributed by atoms with Crippen LogP contribution in [-0.2, 0) is 6.54 Å². The molecule has 0 unspecified atom stereocenters. The zero-order valence-electron chi connectivity index (χ0n) is 13.0. The maximum absolute atomic E-state index is 8.84. The average molecular weight is 313 g/mol. The number of hydrogen-bond acceptors (Lipinski definition) is 3. The minimum atomic E-state index is 0.488. The normalized spacial score (nSPS) is 11.5. The largest absolute Gasteiger partial charge is 0.346 e. The van der Waals surface area contributed by atoms with Crippen molar-refractivity contribution in [3.05, 3.63) is 66.6 Å². The molecule has 0 atom stereocenters. The van der Waals surface area contributed by atoms with Crippen LogP contribution in [0, 0.1) is 11.3 Å². The lowest BCUT2D eigenvalue weighted by atomic mass is 10.2. The minimum Gasteiger partial charge on any atom is -0.346 e. The number of benzene rings is 2. The van der Waals surface area contributed by atoms with Crippen LogP contribution < -0.4 is 0 Å². The van der Waals surface area contributed by atoms with Crippen LogP contribution in [0.4, 0.5) is 0 Å². The quantitative estimate of drug-likeness (QED) is 0.538. The van der Waals surface area contributed by atoms with Crippen LogP contribution >= 0.6 is 0 Å². The first-order chi connectivity index (χ1) is 11.9. The predicted octanol–water partition coefficient (Wildman–Crippen LogP) is 3.79.